The fraction of sp³-hybridized carbons (Fsp3) is 1.00. The summed E-state index contributed by atoms with van der Waals surface area (Å²) >= 11 is 0. The maximum atomic E-state index is 2.49. The quantitative estimate of drug-likeness (QED) is 0.236. The number of hydrogen-bond donors (Lipinski definition) is 0. The zero-order valence-electron chi connectivity index (χ0n) is 16.5. The number of rotatable bonds is 17. The molecule has 0 rings (SSSR count). The van der Waals surface area contributed by atoms with Crippen molar-refractivity contribution in [2.75, 3.05) is 0 Å². The summed E-state index contributed by atoms with van der Waals surface area (Å²) in [6, 6.07) is 0. The highest BCUT2D eigenvalue weighted by atomic mass is 14.2. The first-order valence-electron chi connectivity index (χ1n) is 10.7. The van der Waals surface area contributed by atoms with Crippen LogP contribution in [0.15, 0.2) is 0 Å². The molecular weight excluding hydrogens is 264 g/mol. The predicted molar refractivity (Wildman–Crippen MR) is 104 cm³/mol. The van der Waals surface area contributed by atoms with Crippen molar-refractivity contribution in [2.45, 2.75) is 130 Å². The lowest BCUT2D eigenvalue weighted by Gasteiger charge is -2.19. The molecule has 0 saturated carbocycles. The van der Waals surface area contributed by atoms with Crippen LogP contribution < -0.4 is 0 Å². The monoisotopic (exact) mass is 310 g/mol. The van der Waals surface area contributed by atoms with E-state index in [1.54, 1.807) is 0 Å². The Morgan fingerprint density at radius 2 is 0.682 bits per heavy atom. The third-order valence-electron chi connectivity index (χ3n) is 5.50. The van der Waals surface area contributed by atoms with Gasteiger partial charge in [0.2, 0.25) is 0 Å². The minimum absolute atomic E-state index is 0.940. The Bertz CT molecular complexity index is 174. The zero-order chi connectivity index (χ0) is 16.5. The van der Waals surface area contributed by atoms with Gasteiger partial charge in [-0.25, -0.2) is 0 Å². The van der Waals surface area contributed by atoms with Crippen molar-refractivity contribution in [1.82, 2.24) is 0 Å². The van der Waals surface area contributed by atoms with Gasteiger partial charge in [-0.2, -0.15) is 0 Å². The third kappa shape index (κ3) is 14.9. The van der Waals surface area contributed by atoms with E-state index in [1.165, 1.54) is 103 Å². The van der Waals surface area contributed by atoms with Gasteiger partial charge in [-0.3, -0.25) is 0 Å². The van der Waals surface area contributed by atoms with Crippen molar-refractivity contribution < 1.29 is 0 Å². The Morgan fingerprint density at radius 3 is 1.00 bits per heavy atom. The molecule has 0 aliphatic heterocycles. The standard InChI is InChI=1S/C22H46/c1-5-7-9-11-13-15-17-19-21(3)22(4)20-18-16-14-12-10-8-6-2/h21-22H,5-20H2,1-4H3. The second kappa shape index (κ2) is 17.4. The molecule has 0 radical (unpaired) electrons. The van der Waals surface area contributed by atoms with E-state index in [-0.39, 0.29) is 0 Å². The fourth-order valence-corrected chi connectivity index (χ4v) is 3.42. The highest BCUT2D eigenvalue weighted by Gasteiger charge is 2.11. The SMILES string of the molecule is CCCCCCCCCC(C)C(C)CCCCCCCCC. The molecule has 2 atom stereocenters. The predicted octanol–water partition coefficient (Wildman–Crippen LogP) is 8.54. The first kappa shape index (κ1) is 22.0. The fourth-order valence-electron chi connectivity index (χ4n) is 3.42. The molecule has 0 aliphatic rings. The molecule has 0 aromatic carbocycles. The average molecular weight is 311 g/mol. The molecule has 0 heterocycles. The van der Waals surface area contributed by atoms with E-state index in [0.717, 1.165) is 11.8 Å². The summed E-state index contributed by atoms with van der Waals surface area (Å²) in [4.78, 5) is 0. The summed E-state index contributed by atoms with van der Waals surface area (Å²) < 4.78 is 0. The second-order valence-corrected chi connectivity index (χ2v) is 7.77. The lowest BCUT2D eigenvalue weighted by molar-refractivity contribution is 0.322. The lowest BCUT2D eigenvalue weighted by atomic mass is 9.86. The maximum absolute atomic E-state index is 2.49. The van der Waals surface area contributed by atoms with Gasteiger partial charge >= 0.3 is 0 Å². The van der Waals surface area contributed by atoms with E-state index in [1.807, 2.05) is 0 Å². The van der Waals surface area contributed by atoms with Gasteiger partial charge in [-0.05, 0) is 11.8 Å². The Kier molecular flexibility index (Phi) is 17.4. The van der Waals surface area contributed by atoms with Crippen molar-refractivity contribution >= 4 is 0 Å². The van der Waals surface area contributed by atoms with Crippen LogP contribution in [0.25, 0.3) is 0 Å². The molecule has 0 spiro atoms. The van der Waals surface area contributed by atoms with Crippen LogP contribution in [0.1, 0.15) is 130 Å². The van der Waals surface area contributed by atoms with Gasteiger partial charge in [-0.1, -0.05) is 130 Å². The van der Waals surface area contributed by atoms with Crippen molar-refractivity contribution in [3.63, 3.8) is 0 Å². The Balaban J connectivity index is 3.33. The van der Waals surface area contributed by atoms with Crippen LogP contribution in [-0.4, -0.2) is 0 Å². The molecule has 0 saturated heterocycles. The molecule has 0 N–H and O–H groups in total. The Labute approximate surface area is 142 Å². The largest absolute Gasteiger partial charge is 0.0654 e. The van der Waals surface area contributed by atoms with E-state index in [2.05, 4.69) is 27.7 Å². The van der Waals surface area contributed by atoms with Gasteiger partial charge in [0.25, 0.3) is 0 Å². The molecule has 0 aromatic heterocycles. The van der Waals surface area contributed by atoms with E-state index in [0.29, 0.717) is 0 Å². The first-order valence-corrected chi connectivity index (χ1v) is 10.7. The average Bonchev–Trinajstić information content (AvgIpc) is 2.52. The second-order valence-electron chi connectivity index (χ2n) is 7.77. The molecule has 0 bridgehead atoms. The summed E-state index contributed by atoms with van der Waals surface area (Å²) in [5.41, 5.74) is 0. The summed E-state index contributed by atoms with van der Waals surface area (Å²) in [5, 5.41) is 0. The lowest BCUT2D eigenvalue weighted by Crippen LogP contribution is -2.08. The van der Waals surface area contributed by atoms with Gasteiger partial charge in [-0.15, -0.1) is 0 Å². The third-order valence-corrected chi connectivity index (χ3v) is 5.50. The minimum Gasteiger partial charge on any atom is -0.0654 e. The number of unbranched alkanes of at least 4 members (excludes halogenated alkanes) is 12. The van der Waals surface area contributed by atoms with E-state index < -0.39 is 0 Å². The topological polar surface area (TPSA) is 0 Å². The van der Waals surface area contributed by atoms with Crippen molar-refractivity contribution in [1.29, 1.82) is 0 Å². The van der Waals surface area contributed by atoms with E-state index >= 15 is 0 Å². The maximum Gasteiger partial charge on any atom is -0.0417 e. The van der Waals surface area contributed by atoms with Gasteiger partial charge in [0.15, 0.2) is 0 Å². The molecular formula is C22H46. The Morgan fingerprint density at radius 1 is 0.409 bits per heavy atom. The molecule has 0 fully saturated rings. The summed E-state index contributed by atoms with van der Waals surface area (Å²) in [6.07, 6.45) is 23.2. The smallest absolute Gasteiger partial charge is 0.0417 e. The van der Waals surface area contributed by atoms with Gasteiger partial charge < -0.3 is 0 Å². The van der Waals surface area contributed by atoms with Crippen molar-refractivity contribution in [3.8, 4) is 0 Å². The molecule has 0 nitrogen and oxygen atoms in total. The van der Waals surface area contributed by atoms with Crippen molar-refractivity contribution in [2.24, 2.45) is 11.8 Å². The van der Waals surface area contributed by atoms with Crippen LogP contribution in [0, 0.1) is 11.8 Å². The van der Waals surface area contributed by atoms with Crippen LogP contribution in [0.4, 0.5) is 0 Å². The van der Waals surface area contributed by atoms with Crippen LogP contribution in [0.2, 0.25) is 0 Å². The van der Waals surface area contributed by atoms with E-state index in [9.17, 15) is 0 Å². The molecule has 22 heavy (non-hydrogen) atoms. The summed E-state index contributed by atoms with van der Waals surface area (Å²) in [5.74, 6) is 1.88. The summed E-state index contributed by atoms with van der Waals surface area (Å²) in [7, 11) is 0. The molecule has 0 aliphatic carbocycles. The van der Waals surface area contributed by atoms with Gasteiger partial charge in [0.1, 0.15) is 0 Å². The highest BCUT2D eigenvalue weighted by Crippen LogP contribution is 2.24. The molecule has 2 unspecified atom stereocenters. The molecule has 0 amide bonds. The van der Waals surface area contributed by atoms with Gasteiger partial charge in [0, 0.05) is 0 Å². The first-order chi connectivity index (χ1) is 10.7. The van der Waals surface area contributed by atoms with Crippen LogP contribution in [0.5, 0.6) is 0 Å². The minimum atomic E-state index is 0.940. The van der Waals surface area contributed by atoms with Crippen LogP contribution in [-0.2, 0) is 0 Å². The number of hydrogen-bond acceptors (Lipinski definition) is 0. The highest BCUT2D eigenvalue weighted by molar-refractivity contribution is 4.63. The molecule has 0 aromatic rings. The van der Waals surface area contributed by atoms with E-state index in [4.69, 9.17) is 0 Å². The zero-order valence-corrected chi connectivity index (χ0v) is 16.5. The normalized spacial score (nSPS) is 14.2. The Hall–Kier alpha value is 0. The molecule has 134 valence electrons. The summed E-state index contributed by atoms with van der Waals surface area (Å²) in [6.45, 7) is 9.58. The molecule has 0 heteroatoms. The van der Waals surface area contributed by atoms with Crippen molar-refractivity contribution in [3.05, 3.63) is 0 Å². The van der Waals surface area contributed by atoms with Gasteiger partial charge in [0.05, 0.1) is 0 Å². The van der Waals surface area contributed by atoms with Crippen LogP contribution >= 0.6 is 0 Å². The van der Waals surface area contributed by atoms with Crippen LogP contribution in [0.3, 0.4) is 0 Å².